The Kier molecular flexibility index (Phi) is 15.5. The van der Waals surface area contributed by atoms with Crippen molar-refractivity contribution >= 4 is 36.0 Å². The molecule has 0 heterocycles. The smallest absolute Gasteiger partial charge is 0.335 e. The quantitative estimate of drug-likeness (QED) is 0.0612. The van der Waals surface area contributed by atoms with Crippen LogP contribution < -0.4 is 18.9 Å². The molecule has 12 heteroatoms. The van der Waals surface area contributed by atoms with Gasteiger partial charge in [0.1, 0.15) is 73.1 Å². The molecule has 0 saturated carbocycles. The molecule has 0 aromatic heterocycles. The lowest BCUT2D eigenvalue weighted by Crippen LogP contribution is -1.94. The number of hydrogen-bond donors (Lipinski definition) is 0. The summed E-state index contributed by atoms with van der Waals surface area (Å²) in [5.41, 5.74) is 1.17. The molecule has 46 heavy (non-hydrogen) atoms. The van der Waals surface area contributed by atoms with E-state index in [2.05, 4.69) is 26.3 Å². The van der Waals surface area contributed by atoms with Crippen molar-refractivity contribution < 1.29 is 57.1 Å². The summed E-state index contributed by atoms with van der Waals surface area (Å²) in [7, 11) is 0. The molecule has 2 rings (SSSR count). The standard InChI is InChI=1S/C34H28O12/c1-5-31(35)43-15-11-39-27-19-25(20-28(23-27)40-12-16-44-32(36)6-2)9-10-26-21-29(41-13-17-45-33(37)7-3)24-30(22-26)42-14-18-46-34(38)8-4/h5-24H,1-4H2. The molecular formula is C34H28O12. The van der Waals surface area contributed by atoms with Crippen LogP contribution in [0.4, 0.5) is 0 Å². The molecule has 2 aromatic rings. The summed E-state index contributed by atoms with van der Waals surface area (Å²) in [6.45, 7) is 13.2. The third kappa shape index (κ3) is 14.4. The normalized spacial score (nSPS) is 10.9. The van der Waals surface area contributed by atoms with Gasteiger partial charge in [0.15, 0.2) is 0 Å². The van der Waals surface area contributed by atoms with Crippen molar-refractivity contribution in [3.8, 4) is 23.0 Å². The molecule has 236 valence electrons. The van der Waals surface area contributed by atoms with Crippen LogP contribution in [0.3, 0.4) is 0 Å². The van der Waals surface area contributed by atoms with E-state index in [1.807, 2.05) is 0 Å². The van der Waals surface area contributed by atoms with Gasteiger partial charge in [-0.05, 0) is 35.4 Å². The largest absolute Gasteiger partial charge is 0.462 e. The highest BCUT2D eigenvalue weighted by atomic mass is 16.6. The Labute approximate surface area is 264 Å². The van der Waals surface area contributed by atoms with Crippen molar-refractivity contribution in [2.45, 2.75) is 0 Å². The zero-order valence-corrected chi connectivity index (χ0v) is 24.3. The fourth-order valence-corrected chi connectivity index (χ4v) is 2.84. The number of ether oxygens (including phenoxy) is 8. The van der Waals surface area contributed by atoms with E-state index >= 15 is 0 Å². The Balaban J connectivity index is 2.37. The Morgan fingerprint density at radius 3 is 0.848 bits per heavy atom. The summed E-state index contributed by atoms with van der Waals surface area (Å²) in [4.78, 5) is 45.0. The number of benzene rings is 2. The Bertz CT molecular complexity index is 1370. The number of hydrogen-bond acceptors (Lipinski definition) is 12. The summed E-state index contributed by atoms with van der Waals surface area (Å²) in [5, 5.41) is 0. The van der Waals surface area contributed by atoms with E-state index in [-0.39, 0.29) is 0 Å². The van der Waals surface area contributed by atoms with Gasteiger partial charge in [0.25, 0.3) is 0 Å². The van der Waals surface area contributed by atoms with Gasteiger partial charge in [-0.1, -0.05) is 38.5 Å². The maximum atomic E-state index is 11.2. The summed E-state index contributed by atoms with van der Waals surface area (Å²) in [6, 6.07) is 9.64. The predicted octanol–water partition coefficient (Wildman–Crippen LogP) is 6.17. The average Bonchev–Trinajstić information content (AvgIpc) is 3.07. The van der Waals surface area contributed by atoms with Crippen LogP contribution in [0.2, 0.25) is 0 Å². The topological polar surface area (TPSA) is 142 Å². The van der Waals surface area contributed by atoms with E-state index in [9.17, 15) is 19.2 Å². The first-order valence-electron chi connectivity index (χ1n) is 12.8. The van der Waals surface area contributed by atoms with Gasteiger partial charge in [0.2, 0.25) is 0 Å². The Morgan fingerprint density at radius 1 is 0.391 bits per heavy atom. The molecule has 0 radical (unpaired) electrons. The minimum atomic E-state index is -0.670. The second kappa shape index (κ2) is 20.1. The van der Waals surface area contributed by atoms with Gasteiger partial charge in [-0.3, -0.25) is 0 Å². The molecule has 2 aromatic carbocycles. The minimum Gasteiger partial charge on any atom is -0.462 e. The van der Waals surface area contributed by atoms with Gasteiger partial charge in [-0.15, -0.1) is 0 Å². The lowest BCUT2D eigenvalue weighted by molar-refractivity contribution is -0.133. The highest BCUT2D eigenvalue weighted by molar-refractivity contribution is 5.82. The molecule has 0 atom stereocenters. The van der Waals surface area contributed by atoms with Crippen molar-refractivity contribution in [2.24, 2.45) is 0 Å². The van der Waals surface area contributed by atoms with Crippen LogP contribution in [0, 0.1) is 0 Å². The van der Waals surface area contributed by atoms with Gasteiger partial charge in [-0.25, -0.2) is 19.2 Å². The van der Waals surface area contributed by atoms with Gasteiger partial charge >= 0.3 is 23.9 Å². The molecule has 0 saturated heterocycles. The molecular weight excluding hydrogens is 600 g/mol. The van der Waals surface area contributed by atoms with E-state index in [4.69, 9.17) is 37.9 Å². The SMILES string of the molecule is C=CC(=O)OC=COc1cc(C=Cc2cc(OC=COC(=O)C=C)cc(OC=COC(=O)C=C)c2)cc(OC=COC(=O)C=C)c1. The van der Waals surface area contributed by atoms with Crippen LogP contribution in [-0.2, 0) is 38.1 Å². The van der Waals surface area contributed by atoms with Crippen molar-refractivity contribution in [3.63, 3.8) is 0 Å². The molecule has 0 N–H and O–H groups in total. The van der Waals surface area contributed by atoms with Crippen molar-refractivity contribution in [2.75, 3.05) is 0 Å². The maximum Gasteiger partial charge on any atom is 0.335 e. The first kappa shape index (κ1) is 35.4. The summed E-state index contributed by atoms with van der Waals surface area (Å²) in [5.74, 6) is -1.52. The first-order chi connectivity index (χ1) is 22.3. The van der Waals surface area contributed by atoms with Gasteiger partial charge < -0.3 is 37.9 Å². The van der Waals surface area contributed by atoms with E-state index in [1.165, 1.54) is 12.1 Å². The van der Waals surface area contributed by atoms with E-state index in [0.29, 0.717) is 34.1 Å². The zero-order valence-electron chi connectivity index (χ0n) is 24.3. The fourth-order valence-electron chi connectivity index (χ4n) is 2.84. The second-order valence-corrected chi connectivity index (χ2v) is 7.93. The number of rotatable bonds is 18. The third-order valence-corrected chi connectivity index (χ3v) is 4.72. The summed E-state index contributed by atoms with van der Waals surface area (Å²) in [6.07, 6.45) is 16.1. The molecule has 0 aliphatic rings. The number of carbonyl (C=O) groups is 4. The molecule has 0 spiro atoms. The lowest BCUT2D eigenvalue weighted by Gasteiger charge is -2.08. The highest BCUT2D eigenvalue weighted by Crippen LogP contribution is 2.28. The first-order valence-corrected chi connectivity index (χ1v) is 12.8. The zero-order chi connectivity index (χ0) is 33.6. The van der Waals surface area contributed by atoms with E-state index in [1.54, 1.807) is 36.4 Å². The van der Waals surface area contributed by atoms with E-state index in [0.717, 1.165) is 74.4 Å². The van der Waals surface area contributed by atoms with Crippen LogP contribution in [0.5, 0.6) is 23.0 Å². The molecule has 0 unspecified atom stereocenters. The maximum absolute atomic E-state index is 11.2. The molecule has 0 bridgehead atoms. The highest BCUT2D eigenvalue weighted by Gasteiger charge is 2.05. The second-order valence-electron chi connectivity index (χ2n) is 7.93. The molecule has 0 aliphatic heterocycles. The van der Waals surface area contributed by atoms with Gasteiger partial charge in [0.05, 0.1) is 0 Å². The molecule has 0 fully saturated rings. The third-order valence-electron chi connectivity index (χ3n) is 4.72. The summed E-state index contributed by atoms with van der Waals surface area (Å²) >= 11 is 0. The van der Waals surface area contributed by atoms with Crippen molar-refractivity contribution in [1.82, 2.24) is 0 Å². The fraction of sp³-hybridized carbons (Fsp3) is 0. The average molecular weight is 629 g/mol. The van der Waals surface area contributed by atoms with Gasteiger partial charge in [0, 0.05) is 36.4 Å². The van der Waals surface area contributed by atoms with Crippen LogP contribution in [0.25, 0.3) is 12.2 Å². The molecule has 12 nitrogen and oxygen atoms in total. The Hall–Kier alpha value is -6.82. The van der Waals surface area contributed by atoms with Gasteiger partial charge in [-0.2, -0.15) is 0 Å². The number of esters is 4. The summed E-state index contributed by atoms with van der Waals surface area (Å²) < 4.78 is 41.1. The van der Waals surface area contributed by atoms with Crippen molar-refractivity contribution in [1.29, 1.82) is 0 Å². The molecule has 0 aliphatic carbocycles. The molecule has 0 amide bonds. The minimum absolute atomic E-state index is 0.291. The Morgan fingerprint density at radius 2 is 0.630 bits per heavy atom. The van der Waals surface area contributed by atoms with Crippen molar-refractivity contribution in [3.05, 3.63) is 148 Å². The lowest BCUT2D eigenvalue weighted by atomic mass is 10.1. The van der Waals surface area contributed by atoms with Crippen LogP contribution in [0.1, 0.15) is 11.1 Å². The number of carbonyl (C=O) groups excluding carboxylic acids is 4. The predicted molar refractivity (Wildman–Crippen MR) is 166 cm³/mol. The monoisotopic (exact) mass is 628 g/mol. The van der Waals surface area contributed by atoms with Crippen LogP contribution >= 0.6 is 0 Å². The van der Waals surface area contributed by atoms with E-state index < -0.39 is 23.9 Å². The van der Waals surface area contributed by atoms with Crippen LogP contribution in [-0.4, -0.2) is 23.9 Å². The van der Waals surface area contributed by atoms with Crippen LogP contribution in [0.15, 0.2) is 137 Å².